The van der Waals surface area contributed by atoms with E-state index in [4.69, 9.17) is 25.0 Å². The molecule has 1 amide bonds. The highest BCUT2D eigenvalue weighted by molar-refractivity contribution is 5.79. The van der Waals surface area contributed by atoms with Crippen LogP contribution in [0.4, 0.5) is 29.7 Å². The Balaban J connectivity index is 0.000000108. The number of fused-ring (bicyclic) bond motifs is 15. The quantitative estimate of drug-likeness (QED) is 0.0275. The van der Waals surface area contributed by atoms with Crippen molar-refractivity contribution >= 4 is 35.6 Å². The summed E-state index contributed by atoms with van der Waals surface area (Å²) < 4.78 is 2.08. The van der Waals surface area contributed by atoms with E-state index in [0.717, 1.165) is 143 Å². The molecule has 141 heavy (non-hydrogen) atoms. The van der Waals surface area contributed by atoms with Crippen LogP contribution in [0.3, 0.4) is 0 Å². The fraction of sp³-hybridized carbons (Fsp3) is 0.252. The second-order valence-corrected chi connectivity index (χ2v) is 37.0. The number of pyridine rings is 1. The number of anilines is 5. The smallest absolute Gasteiger partial charge is 0.223 e. The molecule has 5 unspecified atom stereocenters. The molecule has 2 saturated heterocycles. The Morgan fingerprint density at radius 1 is 0.305 bits per heavy atom. The first-order chi connectivity index (χ1) is 69.8. The molecule has 24 rings (SSSR count). The van der Waals surface area contributed by atoms with Crippen LogP contribution in [0, 0.1) is 0 Å². The Bertz CT molecular complexity index is 7000. The third-order valence-electron chi connectivity index (χ3n) is 27.9. The summed E-state index contributed by atoms with van der Waals surface area (Å²) in [6.07, 6.45) is 32.5. The lowest BCUT2D eigenvalue weighted by Gasteiger charge is -2.27. The van der Waals surface area contributed by atoms with E-state index in [2.05, 4.69) is 343 Å². The predicted molar refractivity (Wildman–Crippen MR) is 562 cm³/mol. The number of nitrogens with zero attached hydrogens (tertiary/aromatic N) is 15. The molecule has 7 aliphatic rings. The van der Waals surface area contributed by atoms with Gasteiger partial charge in [-0.05, 0) is 185 Å². The van der Waals surface area contributed by atoms with Crippen molar-refractivity contribution in [3.63, 3.8) is 0 Å². The molecular weight excluding hydrogens is 1740 g/mol. The first kappa shape index (κ1) is 93.0. The number of amides is 1. The van der Waals surface area contributed by atoms with Crippen molar-refractivity contribution < 1.29 is 9.90 Å². The first-order valence-electron chi connectivity index (χ1n) is 50.0. The Morgan fingerprint density at radius 2 is 0.631 bits per heavy atom. The van der Waals surface area contributed by atoms with Gasteiger partial charge in [-0.2, -0.15) is 0 Å². The number of carbonyl (C=O) groups is 1. The van der Waals surface area contributed by atoms with Crippen LogP contribution >= 0.6 is 0 Å². The number of aliphatic hydroxyl groups is 1. The zero-order chi connectivity index (χ0) is 95.1. The van der Waals surface area contributed by atoms with Crippen molar-refractivity contribution in [3.05, 3.63) is 436 Å². The Hall–Kier alpha value is -15.7. The van der Waals surface area contributed by atoms with Crippen molar-refractivity contribution in [2.75, 3.05) is 92.1 Å². The second kappa shape index (κ2) is 45.8. The molecule has 0 bridgehead atoms. The lowest BCUT2D eigenvalue weighted by atomic mass is 9.78. The number of rotatable bonds is 26. The summed E-state index contributed by atoms with van der Waals surface area (Å²) in [5.41, 5.74) is 31.7. The van der Waals surface area contributed by atoms with Crippen LogP contribution in [-0.2, 0) is 50.0 Å². The van der Waals surface area contributed by atoms with Gasteiger partial charge in [-0.15, -0.1) is 0 Å². The number of imidazole rings is 1. The summed E-state index contributed by atoms with van der Waals surface area (Å²) in [6.45, 7) is 9.99. The van der Waals surface area contributed by atoms with E-state index in [1.165, 1.54) is 145 Å². The van der Waals surface area contributed by atoms with Crippen LogP contribution in [0.15, 0.2) is 347 Å². The van der Waals surface area contributed by atoms with Crippen molar-refractivity contribution in [3.8, 4) is 56.3 Å². The second-order valence-electron chi connectivity index (χ2n) is 37.0. The summed E-state index contributed by atoms with van der Waals surface area (Å²) in [5, 5.41) is 25.5. The lowest BCUT2D eigenvalue weighted by Crippen LogP contribution is -2.31. The van der Waals surface area contributed by atoms with Gasteiger partial charge in [-0.25, -0.2) is 54.8 Å². The van der Waals surface area contributed by atoms with Crippen LogP contribution in [0.5, 0.6) is 0 Å². The number of piperidine rings is 1. The maximum absolute atomic E-state index is 11.7. The highest BCUT2D eigenvalue weighted by Crippen LogP contribution is 2.48. The largest absolute Gasteiger partial charge is 0.395 e. The van der Waals surface area contributed by atoms with Crippen LogP contribution in [-0.4, -0.2) is 151 Å². The van der Waals surface area contributed by atoms with Crippen molar-refractivity contribution in [1.82, 2.24) is 74.2 Å². The summed E-state index contributed by atoms with van der Waals surface area (Å²) >= 11 is 0. The Morgan fingerprint density at radius 3 is 0.950 bits per heavy atom. The van der Waals surface area contributed by atoms with Crippen LogP contribution < -0.4 is 26.6 Å². The SMILES string of the molecule is O=C1CCCN1CCCNc1ncc2c(n1)-c1ccccc1C(c1ccccc1)C2.OCCNc1ncc2c(n1)-c1ccccc1C(c1ccccc1)C2.c1ccc(C2Cc3cnc(NCCCN4CCCCC4)nc3-c3ccccc32)cc1.c1ccc(C2Cc3cnc(NCCCn4ccnc4)nc3-c3ccccc32)cc1.c1ccc(C2Cc3cnc(NCc4cccnc4)nc3-c3ccccc32)cc1. The van der Waals surface area contributed by atoms with Crippen molar-refractivity contribution in [2.45, 2.75) is 126 Å². The molecular formula is C119H118N20O2. The monoisotopic (exact) mass is 1860 g/mol. The van der Waals surface area contributed by atoms with Crippen molar-refractivity contribution in [2.24, 2.45) is 0 Å². The molecule has 0 spiro atoms. The molecule has 9 heterocycles. The maximum Gasteiger partial charge on any atom is 0.223 e. The molecule has 2 fully saturated rings. The van der Waals surface area contributed by atoms with Gasteiger partial charge in [0.2, 0.25) is 35.6 Å². The van der Waals surface area contributed by atoms with Gasteiger partial charge >= 0.3 is 0 Å². The third-order valence-corrected chi connectivity index (χ3v) is 27.9. The molecule has 17 aromatic rings. The van der Waals surface area contributed by atoms with Gasteiger partial charge in [0.15, 0.2) is 0 Å². The van der Waals surface area contributed by atoms with E-state index in [1.807, 2.05) is 72.8 Å². The molecule has 2 aliphatic heterocycles. The predicted octanol–water partition coefficient (Wildman–Crippen LogP) is 22.0. The number of nitrogens with one attached hydrogen (secondary N) is 5. The van der Waals surface area contributed by atoms with Gasteiger partial charge in [0.25, 0.3) is 0 Å². The number of aryl methyl sites for hydroxylation is 1. The third kappa shape index (κ3) is 22.5. The number of carbonyl (C=O) groups excluding carboxylic acids is 1. The van der Waals surface area contributed by atoms with E-state index in [9.17, 15) is 4.79 Å². The highest BCUT2D eigenvalue weighted by atomic mass is 16.3. The lowest BCUT2D eigenvalue weighted by molar-refractivity contribution is -0.127. The topological polar surface area (TPSA) is 264 Å². The summed E-state index contributed by atoms with van der Waals surface area (Å²) in [5.74, 6) is 5.31. The zero-order valence-corrected chi connectivity index (χ0v) is 79.5. The molecule has 0 radical (unpaired) electrons. The fourth-order valence-electron chi connectivity index (χ4n) is 20.8. The first-order valence-corrected chi connectivity index (χ1v) is 50.0. The minimum Gasteiger partial charge on any atom is -0.395 e. The molecule has 0 saturated carbocycles. The Kier molecular flexibility index (Phi) is 30.2. The number of hydrogen-bond donors (Lipinski definition) is 6. The van der Waals surface area contributed by atoms with Crippen LogP contribution in [0.1, 0.15) is 170 Å². The molecule has 6 N–H and O–H groups in total. The highest BCUT2D eigenvalue weighted by Gasteiger charge is 2.34. The number of benzene rings is 10. The fourth-order valence-corrected chi connectivity index (χ4v) is 20.8. The standard InChI is InChI=1S/C26H30N4.C25H26N4O.C24H23N5.C24H20N4.C20H19N3O/c1-3-10-20(11-4-1)24-18-21-19-28-26(27-14-9-17-30-15-7-2-8-16-30)29-25(21)23-13-6-5-12-22(23)24;30-23-12-6-14-29(23)15-7-13-26-25-27-17-19-16-22(18-8-2-1-3-9-18)20-10-4-5-11-21(20)24(19)28-25;1-2-7-18(8-3-1)22-15-19-16-27-24(26-11-6-13-29-14-12-25-17-29)28-23(19)21-10-5-4-9-20(21)22;1-2-8-18(9-3-1)22-13-19-16-27-24(26-15-17-7-6-12-25-14-17)28-23(19)21-11-5-4-10-20(21)22;24-11-10-21-20-22-13-15-12-18(14-6-2-1-3-7-14)16-8-4-5-9-17(16)19(15)23-20/h1,3-6,10-13,19,24H,2,7-9,14-18H2,(H,27,28,29);1-5,8-11,17,22H,6-7,12-16H2,(H,26,27,28);1-5,7-10,12,14,16-17,22H,6,11,13,15H2,(H,26,27,28);1-12,14,16,22H,13,15H2,(H,26,27,28);1-9,13,18,24H,10-12H2,(H,21,22,23). The van der Waals surface area contributed by atoms with Crippen LogP contribution in [0.25, 0.3) is 56.3 Å². The van der Waals surface area contributed by atoms with Gasteiger partial charge < -0.3 is 46.1 Å². The van der Waals surface area contributed by atoms with E-state index in [-0.39, 0.29) is 12.5 Å². The molecule has 22 heteroatoms. The average molecular weight is 1860 g/mol. The molecule has 706 valence electrons. The normalized spacial score (nSPS) is 16.3. The number of aromatic nitrogens is 13. The summed E-state index contributed by atoms with van der Waals surface area (Å²) in [6, 6.07) is 100. The minimum atomic E-state index is 0.0626. The number of likely N-dealkylation sites (tertiary alicyclic amines) is 2. The van der Waals surface area contributed by atoms with E-state index < -0.39 is 0 Å². The van der Waals surface area contributed by atoms with E-state index >= 15 is 0 Å². The van der Waals surface area contributed by atoms with Gasteiger partial charge in [-0.1, -0.05) is 285 Å². The van der Waals surface area contributed by atoms with Crippen molar-refractivity contribution in [1.29, 1.82) is 0 Å². The average Bonchev–Trinajstić information content (AvgIpc) is 0.977. The number of aliphatic hydroxyl groups excluding tert-OH is 1. The van der Waals surface area contributed by atoms with Gasteiger partial charge in [0, 0.05) is 172 Å². The van der Waals surface area contributed by atoms with E-state index in [1.54, 1.807) is 12.4 Å². The Labute approximate surface area is 825 Å². The zero-order valence-electron chi connectivity index (χ0n) is 79.5. The minimum absolute atomic E-state index is 0.0626. The van der Waals surface area contributed by atoms with Gasteiger partial charge in [0.05, 0.1) is 41.4 Å². The molecule has 10 aromatic carbocycles. The summed E-state index contributed by atoms with van der Waals surface area (Å²) in [4.78, 5) is 71.5. The summed E-state index contributed by atoms with van der Waals surface area (Å²) in [7, 11) is 0. The van der Waals surface area contributed by atoms with E-state index in [0.29, 0.717) is 72.9 Å². The molecule has 7 aromatic heterocycles. The van der Waals surface area contributed by atoms with Gasteiger partial charge in [0.1, 0.15) is 0 Å². The maximum atomic E-state index is 11.7. The van der Waals surface area contributed by atoms with Gasteiger partial charge in [-0.3, -0.25) is 9.78 Å². The molecule has 22 nitrogen and oxygen atoms in total. The molecule has 5 aliphatic carbocycles. The van der Waals surface area contributed by atoms with Crippen LogP contribution in [0.2, 0.25) is 0 Å². The number of hydrogen-bond acceptors (Lipinski definition) is 20. The molecule has 5 atom stereocenters.